The lowest BCUT2D eigenvalue weighted by atomic mass is 10.0. The molecule has 104 valence electrons. The first-order valence-electron chi connectivity index (χ1n) is 6.66. The highest BCUT2D eigenvalue weighted by Crippen LogP contribution is 2.32. The molecule has 0 aromatic heterocycles. The summed E-state index contributed by atoms with van der Waals surface area (Å²) < 4.78 is 1.08. The lowest BCUT2D eigenvalue weighted by Crippen LogP contribution is -2.22. The Labute approximate surface area is 128 Å². The van der Waals surface area contributed by atoms with Crippen molar-refractivity contribution in [3.63, 3.8) is 0 Å². The van der Waals surface area contributed by atoms with Crippen molar-refractivity contribution in [2.45, 2.75) is 26.7 Å². The number of carbonyl (C=O) groups is 1. The summed E-state index contributed by atoms with van der Waals surface area (Å²) in [6.07, 6.45) is 0. The molecule has 0 unspecified atom stereocenters. The lowest BCUT2D eigenvalue weighted by Gasteiger charge is -2.23. The molecule has 0 aliphatic heterocycles. The van der Waals surface area contributed by atoms with Crippen LogP contribution in [0.5, 0.6) is 0 Å². The fourth-order valence-electron chi connectivity index (χ4n) is 2.20. The van der Waals surface area contributed by atoms with E-state index in [1.165, 1.54) is 5.56 Å². The molecule has 2 nitrogen and oxygen atoms in total. The Hall–Kier alpha value is -1.61. The van der Waals surface area contributed by atoms with Gasteiger partial charge in [-0.25, -0.2) is 0 Å². The maximum atomic E-state index is 12.0. The van der Waals surface area contributed by atoms with Crippen LogP contribution in [-0.4, -0.2) is 5.91 Å². The second kappa shape index (κ2) is 6.23. The second-order valence-electron chi connectivity index (χ2n) is 5.05. The van der Waals surface area contributed by atoms with Gasteiger partial charge < -0.3 is 0 Å². The monoisotopic (exact) mass is 331 g/mol. The van der Waals surface area contributed by atoms with Gasteiger partial charge in [0.2, 0.25) is 5.91 Å². The first-order chi connectivity index (χ1) is 9.50. The minimum Gasteiger partial charge on any atom is -0.281 e. The molecule has 2 rings (SSSR count). The second-order valence-corrected chi connectivity index (χ2v) is 5.90. The van der Waals surface area contributed by atoms with Crippen LogP contribution in [0.25, 0.3) is 0 Å². The molecule has 2 aromatic carbocycles. The molecule has 0 bridgehead atoms. The van der Waals surface area contributed by atoms with Crippen molar-refractivity contribution in [3.8, 4) is 0 Å². The van der Waals surface area contributed by atoms with Gasteiger partial charge in [-0.1, -0.05) is 48.0 Å². The summed E-state index contributed by atoms with van der Waals surface area (Å²) in [5, 5.41) is 0. The van der Waals surface area contributed by atoms with E-state index < -0.39 is 0 Å². The molecule has 0 aliphatic rings. The summed E-state index contributed by atoms with van der Waals surface area (Å²) in [6.45, 7) is 5.87. The van der Waals surface area contributed by atoms with Crippen molar-refractivity contribution >= 4 is 33.2 Å². The van der Waals surface area contributed by atoms with Crippen LogP contribution in [-0.2, 0) is 4.79 Å². The van der Waals surface area contributed by atoms with Gasteiger partial charge in [-0.2, -0.15) is 0 Å². The quantitative estimate of drug-likeness (QED) is 0.751. The molecule has 0 saturated heterocycles. The highest BCUT2D eigenvalue weighted by Gasteiger charge is 2.16. The average molecular weight is 332 g/mol. The van der Waals surface area contributed by atoms with Crippen LogP contribution in [0.2, 0.25) is 0 Å². The van der Waals surface area contributed by atoms with Gasteiger partial charge in [0.25, 0.3) is 0 Å². The molecule has 0 spiro atoms. The predicted octanol–water partition coefficient (Wildman–Crippen LogP) is 5.26. The summed E-state index contributed by atoms with van der Waals surface area (Å²) in [7, 11) is 0. The van der Waals surface area contributed by atoms with Crippen molar-refractivity contribution in [3.05, 3.63) is 58.6 Å². The summed E-state index contributed by atoms with van der Waals surface area (Å²) in [4.78, 5) is 13.8. The maximum absolute atomic E-state index is 12.0. The third-order valence-electron chi connectivity index (χ3n) is 3.19. The van der Waals surface area contributed by atoms with Crippen LogP contribution < -0.4 is 4.90 Å². The van der Waals surface area contributed by atoms with Gasteiger partial charge in [0.15, 0.2) is 0 Å². The molecular formula is C17H18BrNO. The number of hydrogen-bond acceptors (Lipinski definition) is 1. The lowest BCUT2D eigenvalue weighted by molar-refractivity contribution is -0.115. The minimum absolute atomic E-state index is 0.00762. The highest BCUT2D eigenvalue weighted by atomic mass is 79.9. The smallest absolute Gasteiger partial charge is 0.228 e. The third-order valence-corrected chi connectivity index (χ3v) is 3.91. The first-order valence-corrected chi connectivity index (χ1v) is 7.45. The fraction of sp³-hybridized carbons (Fsp3) is 0.235. The molecule has 0 fully saturated rings. The van der Waals surface area contributed by atoms with Crippen molar-refractivity contribution in [1.29, 1.82) is 0 Å². The molecule has 20 heavy (non-hydrogen) atoms. The third kappa shape index (κ3) is 3.10. The molecule has 0 atom stereocenters. The number of rotatable bonds is 3. The van der Waals surface area contributed by atoms with E-state index >= 15 is 0 Å². The molecule has 3 heteroatoms. The number of halogens is 1. The number of benzene rings is 2. The van der Waals surface area contributed by atoms with E-state index in [1.54, 1.807) is 11.8 Å². The van der Waals surface area contributed by atoms with Crippen LogP contribution in [0.4, 0.5) is 11.4 Å². The molecule has 0 saturated carbocycles. The fourth-order valence-corrected chi connectivity index (χ4v) is 2.91. The van der Waals surface area contributed by atoms with Crippen molar-refractivity contribution in [2.75, 3.05) is 4.90 Å². The number of carbonyl (C=O) groups excluding carboxylic acids is 1. The summed E-state index contributed by atoms with van der Waals surface area (Å²) >= 11 is 3.57. The van der Waals surface area contributed by atoms with Crippen molar-refractivity contribution in [1.82, 2.24) is 0 Å². The van der Waals surface area contributed by atoms with Crippen LogP contribution in [0.15, 0.2) is 53.0 Å². The van der Waals surface area contributed by atoms with Crippen LogP contribution in [0, 0.1) is 0 Å². The number of hydrogen-bond donors (Lipinski definition) is 0. The maximum Gasteiger partial charge on any atom is 0.228 e. The first kappa shape index (κ1) is 14.8. The Kier molecular flexibility index (Phi) is 4.61. The van der Waals surface area contributed by atoms with Crippen LogP contribution >= 0.6 is 15.9 Å². The minimum atomic E-state index is 0.00762. The number of para-hydroxylation sites is 1. The van der Waals surface area contributed by atoms with Gasteiger partial charge in [-0.15, -0.1) is 0 Å². The van der Waals surface area contributed by atoms with E-state index in [4.69, 9.17) is 0 Å². The zero-order valence-corrected chi connectivity index (χ0v) is 13.5. The normalized spacial score (nSPS) is 10.7. The molecule has 1 amide bonds. The Morgan fingerprint density at radius 2 is 1.70 bits per heavy atom. The van der Waals surface area contributed by atoms with Gasteiger partial charge in [0.05, 0.1) is 0 Å². The molecule has 0 heterocycles. The van der Waals surface area contributed by atoms with Crippen LogP contribution in [0.1, 0.15) is 32.3 Å². The zero-order valence-electron chi connectivity index (χ0n) is 11.9. The largest absolute Gasteiger partial charge is 0.281 e. The average Bonchev–Trinajstić information content (AvgIpc) is 2.41. The Balaban J connectivity index is 2.51. The van der Waals surface area contributed by atoms with Gasteiger partial charge in [0.1, 0.15) is 0 Å². The molecule has 0 N–H and O–H groups in total. The highest BCUT2D eigenvalue weighted by molar-refractivity contribution is 9.10. The van der Waals surface area contributed by atoms with E-state index in [0.717, 1.165) is 15.8 Å². The molecule has 0 radical (unpaired) electrons. The Morgan fingerprint density at radius 1 is 1.05 bits per heavy atom. The zero-order chi connectivity index (χ0) is 14.7. The molecule has 2 aromatic rings. The van der Waals surface area contributed by atoms with Crippen molar-refractivity contribution in [2.24, 2.45) is 0 Å². The van der Waals surface area contributed by atoms with E-state index in [1.807, 2.05) is 42.5 Å². The summed E-state index contributed by atoms with van der Waals surface area (Å²) in [5.74, 6) is 0.405. The van der Waals surface area contributed by atoms with Crippen molar-refractivity contribution < 1.29 is 4.79 Å². The predicted molar refractivity (Wildman–Crippen MR) is 87.5 cm³/mol. The van der Waals surface area contributed by atoms with Gasteiger partial charge in [0, 0.05) is 22.8 Å². The van der Waals surface area contributed by atoms with Gasteiger partial charge in [-0.05, 0) is 41.8 Å². The standard InChI is InChI=1S/C17H18BrNO/c1-12(2)16-11-15(9-10-17(16)18)19(13(3)20)14-7-5-4-6-8-14/h4-12H,1-3H3. The topological polar surface area (TPSA) is 20.3 Å². The van der Waals surface area contributed by atoms with E-state index in [2.05, 4.69) is 35.8 Å². The van der Waals surface area contributed by atoms with Gasteiger partial charge >= 0.3 is 0 Å². The Bertz CT molecular complexity index is 608. The van der Waals surface area contributed by atoms with Crippen LogP contribution in [0.3, 0.4) is 0 Å². The molecule has 0 aliphatic carbocycles. The van der Waals surface area contributed by atoms with E-state index in [0.29, 0.717) is 5.92 Å². The van der Waals surface area contributed by atoms with Gasteiger partial charge in [-0.3, -0.25) is 9.69 Å². The summed E-state index contributed by atoms with van der Waals surface area (Å²) in [5.41, 5.74) is 2.98. The number of anilines is 2. The molecular weight excluding hydrogens is 314 g/mol. The number of nitrogens with zero attached hydrogens (tertiary/aromatic N) is 1. The SMILES string of the molecule is CC(=O)N(c1ccccc1)c1ccc(Br)c(C(C)C)c1. The number of amides is 1. The van der Waals surface area contributed by atoms with E-state index in [-0.39, 0.29) is 5.91 Å². The summed E-state index contributed by atoms with van der Waals surface area (Å²) in [6, 6.07) is 15.7. The van der Waals surface area contributed by atoms with E-state index in [9.17, 15) is 4.79 Å². The Morgan fingerprint density at radius 3 is 2.25 bits per heavy atom.